The highest BCUT2D eigenvalue weighted by atomic mass is 32.2. The molecule has 0 aromatic carbocycles. The first-order valence-electron chi connectivity index (χ1n) is 9.34. The van der Waals surface area contributed by atoms with Gasteiger partial charge in [0.2, 0.25) is 0 Å². The third kappa shape index (κ3) is 5.28. The number of anilines is 1. The monoisotopic (exact) mass is 432 g/mol. The lowest BCUT2D eigenvalue weighted by molar-refractivity contribution is 0.0715. The fourth-order valence-corrected chi connectivity index (χ4v) is 3.62. The van der Waals surface area contributed by atoms with Gasteiger partial charge in [-0.25, -0.2) is 4.98 Å². The van der Waals surface area contributed by atoms with Crippen LogP contribution in [0, 0.1) is 22.7 Å². The lowest BCUT2D eigenvalue weighted by Gasteiger charge is -2.14. The molecule has 3 aromatic rings. The lowest BCUT2D eigenvalue weighted by atomic mass is 10.0. The van der Waals surface area contributed by atoms with Crippen LogP contribution in [0.1, 0.15) is 23.6 Å². The van der Waals surface area contributed by atoms with Gasteiger partial charge in [0.1, 0.15) is 40.9 Å². The fourth-order valence-electron chi connectivity index (χ4n) is 2.69. The molecule has 0 amide bonds. The van der Waals surface area contributed by atoms with Crippen molar-refractivity contribution in [2.24, 2.45) is 0 Å². The maximum absolute atomic E-state index is 9.86. The Balaban J connectivity index is 1.96. The summed E-state index contributed by atoms with van der Waals surface area (Å²) in [5.74, 6) is 1.16. The number of hydrogen-bond donors (Lipinski definition) is 1. The number of thioether (sulfide) groups is 1. The maximum Gasteiger partial charge on any atom is 0.143 e. The molecule has 156 valence electrons. The minimum atomic E-state index is -0.0607. The molecule has 2 N–H and O–H groups in total. The van der Waals surface area contributed by atoms with Gasteiger partial charge >= 0.3 is 0 Å². The number of pyridine rings is 3. The summed E-state index contributed by atoms with van der Waals surface area (Å²) in [6.45, 7) is 2.27. The summed E-state index contributed by atoms with van der Waals surface area (Å²) in [5, 5.41) is 19.9. The van der Waals surface area contributed by atoms with Crippen LogP contribution in [0.5, 0.6) is 5.75 Å². The highest BCUT2D eigenvalue weighted by molar-refractivity contribution is 7.98. The van der Waals surface area contributed by atoms with Crippen LogP contribution in [0.15, 0.2) is 47.9 Å². The highest BCUT2D eigenvalue weighted by Crippen LogP contribution is 2.36. The van der Waals surface area contributed by atoms with Crippen LogP contribution in [-0.4, -0.2) is 34.8 Å². The van der Waals surface area contributed by atoms with E-state index in [0.717, 1.165) is 5.56 Å². The Labute approximate surface area is 184 Å². The SMILES string of the molecule is CO[C@@H](C)COc1ccc(-c2c(C#N)c(N)nc(SCc3cccnc3)c2C#N)nc1. The molecular weight excluding hydrogens is 412 g/mol. The average Bonchev–Trinajstić information content (AvgIpc) is 2.81. The van der Waals surface area contributed by atoms with Gasteiger partial charge in [-0.05, 0) is 30.7 Å². The zero-order chi connectivity index (χ0) is 22.2. The predicted octanol–water partition coefficient (Wildman–Crippen LogP) is 3.57. The van der Waals surface area contributed by atoms with Crippen LogP contribution in [0.3, 0.4) is 0 Å². The molecule has 9 heteroatoms. The molecule has 0 aliphatic heterocycles. The first-order valence-corrected chi connectivity index (χ1v) is 10.3. The van der Waals surface area contributed by atoms with Gasteiger partial charge in [0, 0.05) is 30.8 Å². The van der Waals surface area contributed by atoms with Gasteiger partial charge in [-0.2, -0.15) is 10.5 Å². The van der Waals surface area contributed by atoms with Crippen molar-refractivity contribution in [2.75, 3.05) is 19.5 Å². The van der Waals surface area contributed by atoms with Crippen molar-refractivity contribution in [3.8, 4) is 29.1 Å². The molecule has 0 radical (unpaired) electrons. The van der Waals surface area contributed by atoms with Gasteiger partial charge in [0.25, 0.3) is 0 Å². The van der Waals surface area contributed by atoms with E-state index in [2.05, 4.69) is 27.1 Å². The highest BCUT2D eigenvalue weighted by Gasteiger charge is 2.21. The second kappa shape index (κ2) is 10.4. The standard InChI is InChI=1S/C22H20N6O2S/c1-14(29-2)12-30-16-5-6-19(27-11-16)20-17(8-23)21(25)28-22(18(20)9-24)31-13-15-4-3-7-26-10-15/h3-7,10-11,14H,12-13H2,1-2H3,(H2,25,28)/t14-/m0/s1. The minimum Gasteiger partial charge on any atom is -0.489 e. The maximum atomic E-state index is 9.86. The number of rotatable bonds is 8. The number of nitrogen functional groups attached to an aromatic ring is 1. The molecule has 31 heavy (non-hydrogen) atoms. The lowest BCUT2D eigenvalue weighted by Crippen LogP contribution is -2.15. The van der Waals surface area contributed by atoms with Crippen molar-refractivity contribution < 1.29 is 9.47 Å². The Morgan fingerprint density at radius 2 is 1.97 bits per heavy atom. The largest absolute Gasteiger partial charge is 0.489 e. The number of nitrogens with two attached hydrogens (primary N) is 1. The van der Waals surface area contributed by atoms with E-state index in [1.165, 1.54) is 11.8 Å². The molecule has 0 saturated carbocycles. The summed E-state index contributed by atoms with van der Waals surface area (Å²) >= 11 is 1.35. The van der Waals surface area contributed by atoms with Crippen molar-refractivity contribution in [1.29, 1.82) is 10.5 Å². The van der Waals surface area contributed by atoms with E-state index in [1.807, 2.05) is 19.1 Å². The van der Waals surface area contributed by atoms with Gasteiger partial charge in [0.05, 0.1) is 23.6 Å². The Morgan fingerprint density at radius 1 is 1.16 bits per heavy atom. The van der Waals surface area contributed by atoms with Crippen molar-refractivity contribution >= 4 is 17.6 Å². The summed E-state index contributed by atoms with van der Waals surface area (Å²) in [5.41, 5.74) is 8.22. The van der Waals surface area contributed by atoms with Crippen molar-refractivity contribution in [3.05, 3.63) is 59.5 Å². The van der Waals surface area contributed by atoms with E-state index in [4.69, 9.17) is 15.2 Å². The molecule has 0 fully saturated rings. The Bertz CT molecular complexity index is 1120. The quantitative estimate of drug-likeness (QED) is 0.531. The molecular formula is C22H20N6O2S. The van der Waals surface area contributed by atoms with Gasteiger partial charge in [-0.3, -0.25) is 9.97 Å². The molecule has 3 rings (SSSR count). The summed E-state index contributed by atoms with van der Waals surface area (Å²) < 4.78 is 10.8. The van der Waals surface area contributed by atoms with E-state index in [9.17, 15) is 10.5 Å². The van der Waals surface area contributed by atoms with E-state index < -0.39 is 0 Å². The first-order chi connectivity index (χ1) is 15.1. The zero-order valence-electron chi connectivity index (χ0n) is 17.1. The molecule has 0 aliphatic carbocycles. The number of nitrogens with zero attached hydrogens (tertiary/aromatic N) is 5. The van der Waals surface area contributed by atoms with Crippen LogP contribution < -0.4 is 10.5 Å². The number of nitriles is 2. The normalized spacial score (nSPS) is 11.4. The third-order valence-corrected chi connectivity index (χ3v) is 5.44. The molecule has 0 spiro atoms. The van der Waals surface area contributed by atoms with E-state index in [0.29, 0.717) is 34.4 Å². The fraction of sp³-hybridized carbons (Fsp3) is 0.227. The topological polar surface area (TPSA) is 131 Å². The molecule has 0 aliphatic rings. The molecule has 3 aromatic heterocycles. The second-order valence-electron chi connectivity index (χ2n) is 6.54. The van der Waals surface area contributed by atoms with E-state index >= 15 is 0 Å². The van der Waals surface area contributed by atoms with Crippen molar-refractivity contribution in [1.82, 2.24) is 15.0 Å². The summed E-state index contributed by atoms with van der Waals surface area (Å²) in [6.07, 6.45) is 4.92. The van der Waals surface area contributed by atoms with Gasteiger partial charge in [-0.1, -0.05) is 6.07 Å². The predicted molar refractivity (Wildman–Crippen MR) is 117 cm³/mol. The van der Waals surface area contributed by atoms with Crippen LogP contribution in [0.4, 0.5) is 5.82 Å². The van der Waals surface area contributed by atoms with E-state index in [-0.39, 0.29) is 23.0 Å². The van der Waals surface area contributed by atoms with Crippen molar-refractivity contribution in [2.45, 2.75) is 23.8 Å². The third-order valence-electron chi connectivity index (χ3n) is 4.39. The molecule has 0 bridgehead atoms. The molecule has 3 heterocycles. The number of ether oxygens (including phenoxy) is 2. The Morgan fingerprint density at radius 3 is 2.58 bits per heavy atom. The Kier molecular flexibility index (Phi) is 7.39. The number of aromatic nitrogens is 3. The number of methoxy groups -OCH3 is 1. The summed E-state index contributed by atoms with van der Waals surface area (Å²) in [7, 11) is 1.61. The molecule has 1 atom stereocenters. The summed E-state index contributed by atoms with van der Waals surface area (Å²) in [6, 6.07) is 11.4. The van der Waals surface area contributed by atoms with Gasteiger partial charge < -0.3 is 15.2 Å². The van der Waals surface area contributed by atoms with E-state index in [1.54, 1.807) is 37.8 Å². The van der Waals surface area contributed by atoms with Crippen LogP contribution in [0.2, 0.25) is 0 Å². The van der Waals surface area contributed by atoms with Crippen LogP contribution in [-0.2, 0) is 10.5 Å². The second-order valence-corrected chi connectivity index (χ2v) is 7.50. The van der Waals surface area contributed by atoms with Crippen LogP contribution >= 0.6 is 11.8 Å². The Hall–Kier alpha value is -3.66. The summed E-state index contributed by atoms with van der Waals surface area (Å²) in [4.78, 5) is 12.8. The van der Waals surface area contributed by atoms with Crippen LogP contribution in [0.25, 0.3) is 11.3 Å². The molecule has 0 unspecified atom stereocenters. The first kappa shape index (κ1) is 22.0. The zero-order valence-corrected chi connectivity index (χ0v) is 17.9. The smallest absolute Gasteiger partial charge is 0.143 e. The average molecular weight is 433 g/mol. The van der Waals surface area contributed by atoms with Gasteiger partial charge in [-0.15, -0.1) is 11.8 Å². The van der Waals surface area contributed by atoms with Crippen molar-refractivity contribution in [3.63, 3.8) is 0 Å². The number of hydrogen-bond acceptors (Lipinski definition) is 9. The minimum absolute atomic E-state index is 0.0567. The molecule has 0 saturated heterocycles. The van der Waals surface area contributed by atoms with Gasteiger partial charge in [0.15, 0.2) is 0 Å². The molecule has 8 nitrogen and oxygen atoms in total.